The van der Waals surface area contributed by atoms with E-state index in [0.717, 1.165) is 32.1 Å². The van der Waals surface area contributed by atoms with Gasteiger partial charge >= 0.3 is 5.97 Å². The lowest BCUT2D eigenvalue weighted by Gasteiger charge is -2.31. The molecule has 3 heteroatoms. The Morgan fingerprint density at radius 1 is 1.05 bits per heavy atom. The Morgan fingerprint density at radius 3 is 2.32 bits per heavy atom. The van der Waals surface area contributed by atoms with Gasteiger partial charge in [-0.1, -0.05) is 50.6 Å². The van der Waals surface area contributed by atoms with Crippen molar-refractivity contribution in [2.45, 2.75) is 57.5 Å². The van der Waals surface area contributed by atoms with E-state index in [2.05, 4.69) is 19.1 Å². The fourth-order valence-corrected chi connectivity index (χ4v) is 3.78. The number of esters is 1. The second kappa shape index (κ2) is 5.79. The van der Waals surface area contributed by atoms with Crippen LogP contribution in [0.15, 0.2) is 41.7 Å². The number of rotatable bonds is 3. The normalized spacial score (nSPS) is 23.5. The number of benzene rings is 1. The standard InChI is InChI=1S/C19H24O3/c1-13(15-9-5-3-6-10-15)14(2)16-17(20)19(22-18(16)21)11-7-4-8-12-19/h3,5-6,9-10,13-14,20H,4,7-8,11-12H2,1-2H3/t13-,14+/m1/s1. The van der Waals surface area contributed by atoms with E-state index in [0.29, 0.717) is 5.57 Å². The predicted molar refractivity (Wildman–Crippen MR) is 85.6 cm³/mol. The van der Waals surface area contributed by atoms with Gasteiger partial charge in [0.05, 0.1) is 5.57 Å². The highest BCUT2D eigenvalue weighted by Gasteiger charge is 2.50. The number of hydrogen-bond donors (Lipinski definition) is 1. The predicted octanol–water partition coefficient (Wildman–Crippen LogP) is 4.50. The molecule has 3 nitrogen and oxygen atoms in total. The molecule has 1 fully saturated rings. The summed E-state index contributed by atoms with van der Waals surface area (Å²) in [6.07, 6.45) is 4.67. The van der Waals surface area contributed by atoms with Crippen molar-refractivity contribution in [3.63, 3.8) is 0 Å². The topological polar surface area (TPSA) is 46.5 Å². The number of carbonyl (C=O) groups is 1. The second-order valence-corrected chi connectivity index (χ2v) is 6.69. The van der Waals surface area contributed by atoms with Crippen LogP contribution in [0.25, 0.3) is 0 Å². The monoisotopic (exact) mass is 300 g/mol. The number of ether oxygens (including phenoxy) is 1. The first-order valence-electron chi connectivity index (χ1n) is 8.27. The van der Waals surface area contributed by atoms with E-state index in [9.17, 15) is 9.90 Å². The molecule has 1 spiro atoms. The summed E-state index contributed by atoms with van der Waals surface area (Å²) in [5.41, 5.74) is 0.931. The van der Waals surface area contributed by atoms with Gasteiger partial charge in [0.25, 0.3) is 0 Å². The summed E-state index contributed by atoms with van der Waals surface area (Å²) in [7, 11) is 0. The van der Waals surface area contributed by atoms with Crippen LogP contribution in [0.3, 0.4) is 0 Å². The average molecular weight is 300 g/mol. The Kier molecular flexibility index (Phi) is 3.98. The van der Waals surface area contributed by atoms with Crippen molar-refractivity contribution in [2.75, 3.05) is 0 Å². The Hall–Kier alpha value is -1.77. The summed E-state index contributed by atoms with van der Waals surface area (Å²) in [6, 6.07) is 10.1. The van der Waals surface area contributed by atoms with Gasteiger partial charge in [-0.25, -0.2) is 4.79 Å². The minimum absolute atomic E-state index is 0.0591. The number of aliphatic hydroxyl groups excluding tert-OH is 1. The largest absolute Gasteiger partial charge is 0.507 e. The van der Waals surface area contributed by atoms with Crippen molar-refractivity contribution in [1.82, 2.24) is 0 Å². The van der Waals surface area contributed by atoms with Crippen molar-refractivity contribution in [3.05, 3.63) is 47.2 Å². The molecule has 1 aromatic rings. The van der Waals surface area contributed by atoms with Crippen LogP contribution in [0, 0.1) is 5.92 Å². The van der Waals surface area contributed by atoms with Gasteiger partial charge < -0.3 is 9.84 Å². The number of hydrogen-bond acceptors (Lipinski definition) is 3. The summed E-state index contributed by atoms with van der Waals surface area (Å²) in [5.74, 6) is -0.0250. The third kappa shape index (κ3) is 2.43. The maximum Gasteiger partial charge on any atom is 0.338 e. The Morgan fingerprint density at radius 2 is 1.68 bits per heavy atom. The molecule has 0 saturated heterocycles. The van der Waals surface area contributed by atoms with Gasteiger partial charge in [-0.15, -0.1) is 0 Å². The highest BCUT2D eigenvalue weighted by molar-refractivity contribution is 5.93. The first-order chi connectivity index (χ1) is 10.6. The molecule has 0 amide bonds. The fourth-order valence-electron chi connectivity index (χ4n) is 3.78. The summed E-state index contributed by atoms with van der Waals surface area (Å²) in [6.45, 7) is 4.10. The van der Waals surface area contributed by atoms with Crippen LogP contribution in [0.5, 0.6) is 0 Å². The molecule has 3 rings (SSSR count). The fraction of sp³-hybridized carbons (Fsp3) is 0.526. The number of carbonyl (C=O) groups excluding carboxylic acids is 1. The van der Waals surface area contributed by atoms with Crippen LogP contribution >= 0.6 is 0 Å². The molecule has 22 heavy (non-hydrogen) atoms. The molecule has 1 heterocycles. The first-order valence-corrected chi connectivity index (χ1v) is 8.27. The van der Waals surface area contributed by atoms with Gasteiger partial charge in [0, 0.05) is 0 Å². The average Bonchev–Trinajstić information content (AvgIpc) is 2.78. The molecular weight excluding hydrogens is 276 g/mol. The lowest BCUT2D eigenvalue weighted by atomic mass is 9.79. The maximum absolute atomic E-state index is 12.4. The van der Waals surface area contributed by atoms with Crippen LogP contribution in [-0.2, 0) is 9.53 Å². The lowest BCUT2D eigenvalue weighted by Crippen LogP contribution is -2.34. The van der Waals surface area contributed by atoms with Crippen LogP contribution in [0.4, 0.5) is 0 Å². The molecule has 0 unspecified atom stereocenters. The summed E-state index contributed by atoms with van der Waals surface area (Å²) < 4.78 is 5.66. The van der Waals surface area contributed by atoms with E-state index in [1.807, 2.05) is 25.1 Å². The van der Waals surface area contributed by atoms with E-state index in [4.69, 9.17) is 4.74 Å². The summed E-state index contributed by atoms with van der Waals surface area (Å²) in [5, 5.41) is 10.7. The SMILES string of the molecule is C[C@H](C1=C(O)C2(CCCCC2)OC1=O)[C@@H](C)c1ccccc1. The Bertz CT molecular complexity index is 582. The number of aliphatic hydroxyl groups is 1. The van der Waals surface area contributed by atoms with Gasteiger partial charge in [0.15, 0.2) is 5.60 Å². The zero-order chi connectivity index (χ0) is 15.7. The van der Waals surface area contributed by atoms with Crippen LogP contribution in [0.1, 0.15) is 57.4 Å². The third-order valence-electron chi connectivity index (χ3n) is 5.39. The Labute approximate surface area is 132 Å². The van der Waals surface area contributed by atoms with Crippen molar-refractivity contribution >= 4 is 5.97 Å². The maximum atomic E-state index is 12.4. The van der Waals surface area contributed by atoms with Gasteiger partial charge in [-0.2, -0.15) is 0 Å². The minimum atomic E-state index is -0.727. The van der Waals surface area contributed by atoms with E-state index in [1.165, 1.54) is 5.56 Å². The van der Waals surface area contributed by atoms with E-state index in [1.54, 1.807) is 0 Å². The molecule has 118 valence electrons. The highest BCUT2D eigenvalue weighted by atomic mass is 16.6. The van der Waals surface area contributed by atoms with Crippen LogP contribution in [0.2, 0.25) is 0 Å². The van der Waals surface area contributed by atoms with E-state index >= 15 is 0 Å². The van der Waals surface area contributed by atoms with Crippen LogP contribution < -0.4 is 0 Å². The van der Waals surface area contributed by atoms with Crippen molar-refractivity contribution in [1.29, 1.82) is 0 Å². The second-order valence-electron chi connectivity index (χ2n) is 6.69. The smallest absolute Gasteiger partial charge is 0.338 e. The zero-order valence-electron chi connectivity index (χ0n) is 13.3. The van der Waals surface area contributed by atoms with Gasteiger partial charge in [0.1, 0.15) is 5.76 Å². The summed E-state index contributed by atoms with van der Waals surface area (Å²) in [4.78, 5) is 12.4. The minimum Gasteiger partial charge on any atom is -0.507 e. The highest BCUT2D eigenvalue weighted by Crippen LogP contribution is 2.46. The third-order valence-corrected chi connectivity index (χ3v) is 5.39. The van der Waals surface area contributed by atoms with E-state index < -0.39 is 5.60 Å². The molecule has 1 saturated carbocycles. The van der Waals surface area contributed by atoms with Crippen molar-refractivity contribution < 1.29 is 14.6 Å². The molecule has 1 aromatic carbocycles. The Balaban J connectivity index is 1.90. The van der Waals surface area contributed by atoms with Crippen molar-refractivity contribution in [2.24, 2.45) is 5.92 Å². The quantitative estimate of drug-likeness (QED) is 0.836. The molecule has 2 aliphatic rings. The van der Waals surface area contributed by atoms with Gasteiger partial charge in [-0.05, 0) is 43.1 Å². The van der Waals surface area contributed by atoms with E-state index in [-0.39, 0.29) is 23.6 Å². The molecule has 1 aliphatic heterocycles. The van der Waals surface area contributed by atoms with Gasteiger partial charge in [0.2, 0.25) is 0 Å². The zero-order valence-corrected chi connectivity index (χ0v) is 13.3. The van der Waals surface area contributed by atoms with Crippen LogP contribution in [-0.4, -0.2) is 16.7 Å². The van der Waals surface area contributed by atoms with Crippen molar-refractivity contribution in [3.8, 4) is 0 Å². The molecule has 1 N–H and O–H groups in total. The molecule has 0 bridgehead atoms. The molecular formula is C19H24O3. The molecule has 0 radical (unpaired) electrons. The van der Waals surface area contributed by atoms with Gasteiger partial charge in [-0.3, -0.25) is 0 Å². The molecule has 1 aliphatic carbocycles. The first kappa shape index (κ1) is 15.1. The summed E-state index contributed by atoms with van der Waals surface area (Å²) >= 11 is 0. The molecule has 2 atom stereocenters. The lowest BCUT2D eigenvalue weighted by molar-refractivity contribution is -0.151. The molecule has 0 aromatic heterocycles.